The maximum Gasteiger partial charge on any atom is 0.197 e. The van der Waals surface area contributed by atoms with Crippen molar-refractivity contribution in [1.29, 1.82) is 0 Å². The normalized spacial score (nSPS) is 10.9. The van der Waals surface area contributed by atoms with Gasteiger partial charge in [-0.25, -0.2) is 9.97 Å². The van der Waals surface area contributed by atoms with Gasteiger partial charge in [0, 0.05) is 11.1 Å². The fourth-order valence-electron chi connectivity index (χ4n) is 3.62. The van der Waals surface area contributed by atoms with Crippen molar-refractivity contribution < 1.29 is 0 Å². The number of halogens is 1. The van der Waals surface area contributed by atoms with Crippen molar-refractivity contribution in [2.75, 3.05) is 0 Å². The molecule has 0 aliphatic heterocycles. The van der Waals surface area contributed by atoms with Crippen LogP contribution in [-0.2, 0) is 0 Å². The summed E-state index contributed by atoms with van der Waals surface area (Å²) in [7, 11) is 0. The van der Waals surface area contributed by atoms with Crippen LogP contribution >= 0.6 is 15.9 Å². The second kappa shape index (κ2) is 7.61. The summed E-state index contributed by atoms with van der Waals surface area (Å²) in [4.78, 5) is 9.12. The maximum atomic E-state index is 4.59. The van der Waals surface area contributed by atoms with E-state index in [1.54, 1.807) is 0 Å². The zero-order valence-corrected chi connectivity index (χ0v) is 17.2. The summed E-state index contributed by atoms with van der Waals surface area (Å²) in [6, 6.07) is 35.7. The van der Waals surface area contributed by atoms with E-state index in [1.165, 1.54) is 21.9 Å². The van der Waals surface area contributed by atoms with Gasteiger partial charge in [-0.3, -0.25) is 0 Å². The number of rotatable bonds is 3. The zero-order valence-electron chi connectivity index (χ0n) is 15.6. The minimum atomic E-state index is 0.590. The first-order chi connectivity index (χ1) is 14.3. The molecule has 0 spiro atoms. The predicted molar refractivity (Wildman–Crippen MR) is 124 cm³/mol. The Morgan fingerprint density at radius 1 is 0.517 bits per heavy atom. The molecule has 138 valence electrons. The number of nitrogens with zero attached hydrogens (tertiary/aromatic N) is 2. The number of aromatic nitrogens is 2. The van der Waals surface area contributed by atoms with Gasteiger partial charge in [0.15, 0.2) is 4.73 Å². The smallest absolute Gasteiger partial charge is 0.197 e. The molecule has 0 saturated carbocycles. The number of benzene rings is 4. The van der Waals surface area contributed by atoms with E-state index in [-0.39, 0.29) is 0 Å². The van der Waals surface area contributed by atoms with E-state index in [1.807, 2.05) is 24.3 Å². The van der Waals surface area contributed by atoms with Crippen LogP contribution in [-0.4, -0.2) is 9.97 Å². The fraction of sp³-hybridized carbons (Fsp3) is 0. The van der Waals surface area contributed by atoms with Crippen molar-refractivity contribution >= 4 is 26.7 Å². The monoisotopic (exact) mass is 436 g/mol. The Balaban J connectivity index is 1.55. The summed E-state index contributed by atoms with van der Waals surface area (Å²) in [5.74, 6) is 0. The standard InChI is InChI=1S/C26H17BrN2/c27-26-28-24(20-8-2-1-3-9-20)17-25(29-26)21-15-13-19(14-16-21)23-12-6-10-18-7-4-5-11-22(18)23/h1-17H. The summed E-state index contributed by atoms with van der Waals surface area (Å²) in [5.41, 5.74) is 6.37. The molecule has 29 heavy (non-hydrogen) atoms. The summed E-state index contributed by atoms with van der Waals surface area (Å²) in [6.07, 6.45) is 0. The average Bonchev–Trinajstić information content (AvgIpc) is 2.79. The molecule has 0 saturated heterocycles. The van der Waals surface area contributed by atoms with Crippen LogP contribution in [0.3, 0.4) is 0 Å². The van der Waals surface area contributed by atoms with Gasteiger partial charge in [0.1, 0.15) is 0 Å². The zero-order chi connectivity index (χ0) is 19.6. The van der Waals surface area contributed by atoms with E-state index in [4.69, 9.17) is 0 Å². The topological polar surface area (TPSA) is 25.8 Å². The van der Waals surface area contributed by atoms with E-state index < -0.39 is 0 Å². The molecule has 3 heteroatoms. The summed E-state index contributed by atoms with van der Waals surface area (Å²) < 4.78 is 0.590. The lowest BCUT2D eigenvalue weighted by atomic mass is 9.97. The van der Waals surface area contributed by atoms with Crippen LogP contribution in [0.1, 0.15) is 0 Å². The lowest BCUT2D eigenvalue weighted by Gasteiger charge is -2.09. The summed E-state index contributed by atoms with van der Waals surface area (Å²) >= 11 is 3.46. The van der Waals surface area contributed by atoms with Gasteiger partial charge in [0.2, 0.25) is 0 Å². The van der Waals surface area contributed by atoms with Gasteiger partial charge in [-0.1, -0.05) is 97.1 Å². The molecule has 0 aliphatic rings. The van der Waals surface area contributed by atoms with Gasteiger partial charge in [-0.05, 0) is 43.9 Å². The largest absolute Gasteiger partial charge is 0.222 e. The van der Waals surface area contributed by atoms with Crippen LogP contribution in [0, 0.1) is 0 Å². The van der Waals surface area contributed by atoms with Crippen molar-refractivity contribution in [3.63, 3.8) is 0 Å². The Hall–Kier alpha value is -3.30. The first-order valence-electron chi connectivity index (χ1n) is 9.46. The van der Waals surface area contributed by atoms with Crippen molar-refractivity contribution in [3.05, 3.63) is 108 Å². The SMILES string of the molecule is Brc1nc(-c2ccccc2)cc(-c2ccc(-c3cccc4ccccc34)cc2)n1. The molecule has 4 aromatic carbocycles. The Labute approximate surface area is 178 Å². The molecule has 0 radical (unpaired) electrons. The molecular weight excluding hydrogens is 420 g/mol. The molecule has 0 atom stereocenters. The molecule has 2 nitrogen and oxygen atoms in total. The van der Waals surface area contributed by atoms with Gasteiger partial charge in [0.25, 0.3) is 0 Å². The van der Waals surface area contributed by atoms with Gasteiger partial charge in [-0.2, -0.15) is 0 Å². The van der Waals surface area contributed by atoms with Gasteiger partial charge in [0.05, 0.1) is 11.4 Å². The molecule has 1 aromatic heterocycles. The molecule has 0 unspecified atom stereocenters. The molecular formula is C26H17BrN2. The minimum absolute atomic E-state index is 0.590. The molecule has 5 aromatic rings. The molecule has 0 fully saturated rings. The Kier molecular flexibility index (Phi) is 4.66. The first-order valence-corrected chi connectivity index (χ1v) is 10.3. The van der Waals surface area contributed by atoms with Crippen molar-refractivity contribution in [1.82, 2.24) is 9.97 Å². The Morgan fingerprint density at radius 2 is 1.10 bits per heavy atom. The molecule has 0 amide bonds. The quantitative estimate of drug-likeness (QED) is 0.275. The van der Waals surface area contributed by atoms with Crippen LogP contribution in [0.4, 0.5) is 0 Å². The fourth-order valence-corrected chi connectivity index (χ4v) is 4.00. The molecule has 0 bridgehead atoms. The third-order valence-corrected chi connectivity index (χ3v) is 5.40. The Bertz CT molecular complexity index is 1290. The van der Waals surface area contributed by atoms with Crippen LogP contribution in [0.25, 0.3) is 44.4 Å². The van der Waals surface area contributed by atoms with E-state index in [0.29, 0.717) is 4.73 Å². The molecule has 5 rings (SSSR count). The second-order valence-corrected chi connectivity index (χ2v) is 7.59. The number of hydrogen-bond donors (Lipinski definition) is 0. The number of fused-ring (bicyclic) bond motifs is 1. The summed E-state index contributed by atoms with van der Waals surface area (Å²) in [6.45, 7) is 0. The van der Waals surface area contributed by atoms with Crippen molar-refractivity contribution in [2.24, 2.45) is 0 Å². The molecule has 0 aliphatic carbocycles. The average molecular weight is 437 g/mol. The van der Waals surface area contributed by atoms with Crippen LogP contribution in [0.5, 0.6) is 0 Å². The van der Waals surface area contributed by atoms with Crippen molar-refractivity contribution in [3.8, 4) is 33.6 Å². The van der Waals surface area contributed by atoms with Gasteiger partial charge in [-0.15, -0.1) is 0 Å². The van der Waals surface area contributed by atoms with Crippen molar-refractivity contribution in [2.45, 2.75) is 0 Å². The highest BCUT2D eigenvalue weighted by atomic mass is 79.9. The van der Waals surface area contributed by atoms with Crippen LogP contribution in [0.15, 0.2) is 108 Å². The predicted octanol–water partition coefficient (Wildman–Crippen LogP) is 7.39. The summed E-state index contributed by atoms with van der Waals surface area (Å²) in [5, 5.41) is 2.51. The van der Waals surface area contributed by atoms with Crippen LogP contribution < -0.4 is 0 Å². The third-order valence-electron chi connectivity index (χ3n) is 5.05. The van der Waals surface area contributed by atoms with E-state index >= 15 is 0 Å². The van der Waals surface area contributed by atoms with E-state index in [9.17, 15) is 0 Å². The highest BCUT2D eigenvalue weighted by Crippen LogP contribution is 2.31. The van der Waals surface area contributed by atoms with E-state index in [2.05, 4.69) is 105 Å². The van der Waals surface area contributed by atoms with E-state index in [0.717, 1.165) is 22.5 Å². The number of hydrogen-bond acceptors (Lipinski definition) is 2. The minimum Gasteiger partial charge on any atom is -0.222 e. The van der Waals surface area contributed by atoms with Gasteiger partial charge >= 0.3 is 0 Å². The molecule has 1 heterocycles. The molecule has 0 N–H and O–H groups in total. The highest BCUT2D eigenvalue weighted by Gasteiger charge is 2.08. The highest BCUT2D eigenvalue weighted by molar-refractivity contribution is 9.10. The lowest BCUT2D eigenvalue weighted by molar-refractivity contribution is 1.12. The van der Waals surface area contributed by atoms with Crippen LogP contribution in [0.2, 0.25) is 0 Å². The first kappa shape index (κ1) is 17.8. The maximum absolute atomic E-state index is 4.59. The lowest BCUT2D eigenvalue weighted by Crippen LogP contribution is -1.92. The second-order valence-electron chi connectivity index (χ2n) is 6.88. The third kappa shape index (κ3) is 3.57. The van der Waals surface area contributed by atoms with Gasteiger partial charge < -0.3 is 0 Å². The Morgan fingerprint density at radius 3 is 1.86 bits per heavy atom.